The number of carbonyl (C=O) groups excluding carboxylic acids is 1. The summed E-state index contributed by atoms with van der Waals surface area (Å²) in [5.41, 5.74) is 6.65. The van der Waals surface area contributed by atoms with Crippen LogP contribution in [0.5, 0.6) is 0 Å². The van der Waals surface area contributed by atoms with Crippen LogP contribution in [-0.4, -0.2) is 31.3 Å². The molecule has 0 saturated heterocycles. The largest absolute Gasteiger partial charge is 0.383 e. The standard InChI is InChI=1S/C14H21N3O2S2/c1-9-3-4-11-10(7-9)8-12(21-11)13(18)16-17-14(20)15-5-6-19-2/h8-9H,3-7H2,1-2H3,(H,16,18)(H2,15,17,20)/t9-/m1/s1. The fourth-order valence-corrected chi connectivity index (χ4v) is 3.56. The second kappa shape index (κ2) is 7.72. The molecule has 1 aromatic rings. The number of ether oxygens (including phenoxy) is 1. The molecule has 1 aromatic heterocycles. The first-order valence-electron chi connectivity index (χ1n) is 7.05. The maximum absolute atomic E-state index is 12.1. The predicted octanol–water partition coefficient (Wildman–Crippen LogP) is 1.63. The maximum atomic E-state index is 12.1. The highest BCUT2D eigenvalue weighted by Crippen LogP contribution is 2.31. The number of fused-ring (bicyclic) bond motifs is 1. The molecule has 1 aliphatic rings. The summed E-state index contributed by atoms with van der Waals surface area (Å²) in [6.07, 6.45) is 3.36. The molecule has 1 atom stereocenters. The van der Waals surface area contributed by atoms with Crippen LogP contribution in [0.15, 0.2) is 6.07 Å². The molecule has 2 rings (SSSR count). The molecule has 0 radical (unpaired) electrons. The van der Waals surface area contributed by atoms with Crippen molar-refractivity contribution >= 4 is 34.6 Å². The summed E-state index contributed by atoms with van der Waals surface area (Å²) in [6, 6.07) is 2.01. The SMILES string of the molecule is COCCNC(=S)NNC(=O)c1cc2c(s1)CC[C@@H](C)C2. The summed E-state index contributed by atoms with van der Waals surface area (Å²) in [6.45, 7) is 3.42. The van der Waals surface area contributed by atoms with Crippen LogP contribution in [0.25, 0.3) is 0 Å². The lowest BCUT2D eigenvalue weighted by atomic mass is 9.90. The van der Waals surface area contributed by atoms with Gasteiger partial charge >= 0.3 is 0 Å². The molecule has 0 saturated carbocycles. The van der Waals surface area contributed by atoms with Gasteiger partial charge in [0.25, 0.3) is 5.91 Å². The number of methoxy groups -OCH3 is 1. The Labute approximate surface area is 134 Å². The van der Waals surface area contributed by atoms with Gasteiger partial charge in [0.1, 0.15) is 0 Å². The third-order valence-corrected chi connectivity index (χ3v) is 4.92. The van der Waals surface area contributed by atoms with Crippen LogP contribution in [-0.2, 0) is 17.6 Å². The lowest BCUT2D eigenvalue weighted by Gasteiger charge is -2.16. The van der Waals surface area contributed by atoms with Crippen molar-refractivity contribution in [3.8, 4) is 0 Å². The van der Waals surface area contributed by atoms with Crippen LogP contribution < -0.4 is 16.2 Å². The van der Waals surface area contributed by atoms with Gasteiger partial charge in [0.15, 0.2) is 5.11 Å². The van der Waals surface area contributed by atoms with Gasteiger partial charge in [-0.05, 0) is 49.0 Å². The molecule has 0 aliphatic heterocycles. The molecular formula is C14H21N3O2S2. The number of hydrogen-bond donors (Lipinski definition) is 3. The first-order chi connectivity index (χ1) is 10.1. The first kappa shape index (κ1) is 16.2. The summed E-state index contributed by atoms with van der Waals surface area (Å²) in [5.74, 6) is 0.566. The van der Waals surface area contributed by atoms with E-state index in [0.29, 0.717) is 24.2 Å². The molecule has 116 valence electrons. The number of hydrogen-bond acceptors (Lipinski definition) is 4. The Morgan fingerprint density at radius 3 is 3.10 bits per heavy atom. The van der Waals surface area contributed by atoms with Crippen LogP contribution in [0.2, 0.25) is 0 Å². The number of hydrazine groups is 1. The molecule has 5 nitrogen and oxygen atoms in total. The maximum Gasteiger partial charge on any atom is 0.279 e. The van der Waals surface area contributed by atoms with E-state index in [0.717, 1.165) is 17.7 Å². The smallest absolute Gasteiger partial charge is 0.279 e. The zero-order valence-corrected chi connectivity index (χ0v) is 14.0. The average Bonchev–Trinajstić information content (AvgIpc) is 2.88. The van der Waals surface area contributed by atoms with Crippen molar-refractivity contribution in [3.63, 3.8) is 0 Å². The fraction of sp³-hybridized carbons (Fsp3) is 0.571. The van der Waals surface area contributed by atoms with Crippen molar-refractivity contribution in [2.75, 3.05) is 20.3 Å². The molecule has 0 unspecified atom stereocenters. The van der Waals surface area contributed by atoms with Crippen LogP contribution in [0.3, 0.4) is 0 Å². The number of rotatable bonds is 4. The Kier molecular flexibility index (Phi) is 5.96. The Hall–Kier alpha value is -1.18. The van der Waals surface area contributed by atoms with Gasteiger partial charge in [-0.1, -0.05) is 6.92 Å². The summed E-state index contributed by atoms with van der Waals surface area (Å²) in [7, 11) is 1.62. The van der Waals surface area contributed by atoms with E-state index in [-0.39, 0.29) is 5.91 Å². The third-order valence-electron chi connectivity index (χ3n) is 3.43. The minimum absolute atomic E-state index is 0.141. The van der Waals surface area contributed by atoms with Gasteiger partial charge < -0.3 is 10.1 Å². The highest BCUT2D eigenvalue weighted by Gasteiger charge is 2.20. The van der Waals surface area contributed by atoms with Crippen molar-refractivity contribution in [3.05, 3.63) is 21.4 Å². The Morgan fingerprint density at radius 1 is 1.52 bits per heavy atom. The molecule has 7 heteroatoms. The average molecular weight is 327 g/mol. The molecule has 0 aromatic carbocycles. The lowest BCUT2D eigenvalue weighted by molar-refractivity contribution is 0.0947. The third kappa shape index (κ3) is 4.66. The molecule has 1 aliphatic carbocycles. The monoisotopic (exact) mass is 327 g/mol. The van der Waals surface area contributed by atoms with Gasteiger partial charge in [-0.2, -0.15) is 0 Å². The molecule has 0 bridgehead atoms. The van der Waals surface area contributed by atoms with Gasteiger partial charge in [0.2, 0.25) is 0 Å². The van der Waals surface area contributed by atoms with E-state index >= 15 is 0 Å². The van der Waals surface area contributed by atoms with Gasteiger partial charge in [0, 0.05) is 18.5 Å². The molecule has 3 N–H and O–H groups in total. The predicted molar refractivity (Wildman–Crippen MR) is 88.6 cm³/mol. The highest BCUT2D eigenvalue weighted by atomic mass is 32.1. The van der Waals surface area contributed by atoms with E-state index < -0.39 is 0 Å². The van der Waals surface area contributed by atoms with Crippen molar-refractivity contribution in [1.29, 1.82) is 0 Å². The summed E-state index contributed by atoms with van der Waals surface area (Å²) < 4.78 is 4.91. The summed E-state index contributed by atoms with van der Waals surface area (Å²) >= 11 is 6.63. The fourth-order valence-electron chi connectivity index (χ4n) is 2.30. The van der Waals surface area contributed by atoms with E-state index in [4.69, 9.17) is 17.0 Å². The van der Waals surface area contributed by atoms with E-state index in [1.165, 1.54) is 16.9 Å². The Bertz CT molecular complexity index is 516. The van der Waals surface area contributed by atoms with E-state index in [9.17, 15) is 4.79 Å². The van der Waals surface area contributed by atoms with E-state index in [2.05, 4.69) is 23.1 Å². The van der Waals surface area contributed by atoms with E-state index in [1.54, 1.807) is 18.4 Å². The van der Waals surface area contributed by atoms with E-state index in [1.807, 2.05) is 6.07 Å². The Balaban J connectivity index is 1.82. The van der Waals surface area contributed by atoms with Gasteiger partial charge in [-0.25, -0.2) is 0 Å². The lowest BCUT2D eigenvalue weighted by Crippen LogP contribution is -2.47. The second-order valence-corrected chi connectivity index (χ2v) is 6.78. The highest BCUT2D eigenvalue weighted by molar-refractivity contribution is 7.80. The molecule has 21 heavy (non-hydrogen) atoms. The normalized spacial score (nSPS) is 17.0. The summed E-state index contributed by atoms with van der Waals surface area (Å²) in [4.78, 5) is 14.2. The van der Waals surface area contributed by atoms with Gasteiger partial charge in [-0.3, -0.25) is 15.6 Å². The molecule has 0 spiro atoms. The number of nitrogens with one attached hydrogen (secondary N) is 3. The Morgan fingerprint density at radius 2 is 2.33 bits per heavy atom. The minimum atomic E-state index is -0.141. The topological polar surface area (TPSA) is 62.4 Å². The van der Waals surface area contributed by atoms with Crippen molar-refractivity contribution in [2.24, 2.45) is 5.92 Å². The second-order valence-electron chi connectivity index (χ2n) is 5.23. The molecule has 1 heterocycles. The number of carbonyl (C=O) groups is 1. The van der Waals surface area contributed by atoms with Gasteiger partial charge in [0.05, 0.1) is 11.5 Å². The first-order valence-corrected chi connectivity index (χ1v) is 8.27. The quantitative estimate of drug-likeness (QED) is 0.446. The molecule has 1 amide bonds. The van der Waals surface area contributed by atoms with Gasteiger partial charge in [-0.15, -0.1) is 11.3 Å². The van der Waals surface area contributed by atoms with Crippen molar-refractivity contribution in [2.45, 2.75) is 26.2 Å². The van der Waals surface area contributed by atoms with Crippen LogP contribution in [0.4, 0.5) is 0 Å². The number of aryl methyl sites for hydroxylation is 1. The van der Waals surface area contributed by atoms with Crippen LogP contribution in [0.1, 0.15) is 33.5 Å². The van der Waals surface area contributed by atoms with Crippen molar-refractivity contribution < 1.29 is 9.53 Å². The number of thiocarbonyl (C=S) groups is 1. The van der Waals surface area contributed by atoms with Crippen LogP contribution >= 0.6 is 23.6 Å². The molecule has 0 fully saturated rings. The molecular weight excluding hydrogens is 306 g/mol. The van der Waals surface area contributed by atoms with Crippen LogP contribution in [0, 0.1) is 5.92 Å². The number of amides is 1. The number of thiophene rings is 1. The summed E-state index contributed by atoms with van der Waals surface area (Å²) in [5, 5.41) is 3.31. The van der Waals surface area contributed by atoms with Crippen molar-refractivity contribution in [1.82, 2.24) is 16.2 Å². The zero-order valence-electron chi connectivity index (χ0n) is 12.3. The zero-order chi connectivity index (χ0) is 15.2. The minimum Gasteiger partial charge on any atom is -0.383 e.